The van der Waals surface area contributed by atoms with Crippen molar-refractivity contribution in [3.63, 3.8) is 0 Å². The van der Waals surface area contributed by atoms with Gasteiger partial charge >= 0.3 is 11.6 Å². The second kappa shape index (κ2) is 6.86. The van der Waals surface area contributed by atoms with Gasteiger partial charge in [0.25, 0.3) is 0 Å². The molecule has 0 spiro atoms. The van der Waals surface area contributed by atoms with Crippen molar-refractivity contribution in [1.29, 1.82) is 0 Å². The molecule has 24 heavy (non-hydrogen) atoms. The van der Waals surface area contributed by atoms with Gasteiger partial charge in [0.15, 0.2) is 0 Å². The molecule has 0 aliphatic carbocycles. The molecule has 1 aliphatic heterocycles. The maximum Gasteiger partial charge on any atom is 0.341 e. The average molecular weight is 348 g/mol. The summed E-state index contributed by atoms with van der Waals surface area (Å²) in [6, 6.07) is 6.98. The number of carbonyl (C=O) groups is 1. The molecule has 1 unspecified atom stereocenters. The van der Waals surface area contributed by atoms with Crippen LogP contribution in [0, 0.1) is 0 Å². The van der Waals surface area contributed by atoms with Crippen LogP contribution in [0.15, 0.2) is 33.5 Å². The lowest BCUT2D eigenvalue weighted by atomic mass is 10.1. The van der Waals surface area contributed by atoms with E-state index < -0.39 is 17.6 Å². The largest absolute Gasteiger partial charge is 0.480 e. The van der Waals surface area contributed by atoms with Gasteiger partial charge in [0.1, 0.15) is 11.6 Å². The van der Waals surface area contributed by atoms with E-state index in [0.29, 0.717) is 16.9 Å². The van der Waals surface area contributed by atoms with E-state index in [-0.39, 0.29) is 5.37 Å². The summed E-state index contributed by atoms with van der Waals surface area (Å²) in [6.07, 6.45) is 0. The van der Waals surface area contributed by atoms with E-state index >= 15 is 0 Å². The van der Waals surface area contributed by atoms with Crippen molar-refractivity contribution in [2.75, 3.05) is 23.7 Å². The summed E-state index contributed by atoms with van der Waals surface area (Å²) in [5.41, 5.74) is 1.61. The highest BCUT2D eigenvalue weighted by molar-refractivity contribution is 7.99. The Hall–Kier alpha value is -1.99. The number of hydrogen-bond acceptors (Lipinski definition) is 6. The topological polar surface area (TPSA) is 82.8 Å². The number of nitrogens with one attached hydrogen (secondary N) is 1. The van der Waals surface area contributed by atoms with Crippen molar-refractivity contribution in [1.82, 2.24) is 5.32 Å². The van der Waals surface area contributed by atoms with Gasteiger partial charge in [-0.05, 0) is 32.0 Å². The molecule has 0 amide bonds. The zero-order valence-electron chi connectivity index (χ0n) is 13.6. The van der Waals surface area contributed by atoms with Gasteiger partial charge < -0.3 is 14.4 Å². The number of fused-ring (bicyclic) bond motifs is 1. The summed E-state index contributed by atoms with van der Waals surface area (Å²) in [5.74, 6) is -0.475. The number of aliphatic carboxylic acids is 1. The molecule has 1 aromatic heterocycles. The molecule has 2 N–H and O–H groups in total. The molecule has 0 saturated carbocycles. The summed E-state index contributed by atoms with van der Waals surface area (Å²) < 4.78 is 5.50. The van der Waals surface area contributed by atoms with Crippen LogP contribution in [-0.2, 0) is 4.79 Å². The molecule has 2 aromatic rings. The van der Waals surface area contributed by atoms with Crippen LogP contribution in [0.25, 0.3) is 11.0 Å². The van der Waals surface area contributed by atoms with Gasteiger partial charge in [-0.25, -0.2) is 4.79 Å². The highest BCUT2D eigenvalue weighted by Gasteiger charge is 2.32. The van der Waals surface area contributed by atoms with Gasteiger partial charge in [-0.1, -0.05) is 0 Å². The van der Waals surface area contributed by atoms with E-state index in [9.17, 15) is 9.59 Å². The molecule has 3 rings (SSSR count). The van der Waals surface area contributed by atoms with Gasteiger partial charge in [-0.2, -0.15) is 0 Å². The molecular weight excluding hydrogens is 328 g/mol. The lowest BCUT2D eigenvalue weighted by molar-refractivity contribution is -0.138. The fourth-order valence-corrected chi connectivity index (χ4v) is 4.11. The summed E-state index contributed by atoms with van der Waals surface area (Å²) in [6.45, 7) is 5.91. The second-order valence-electron chi connectivity index (χ2n) is 5.65. The first-order valence-corrected chi connectivity index (χ1v) is 9.01. The molecule has 1 fully saturated rings. The van der Waals surface area contributed by atoms with Crippen LogP contribution in [0.5, 0.6) is 0 Å². The molecule has 1 saturated heterocycles. The quantitative estimate of drug-likeness (QED) is 0.803. The van der Waals surface area contributed by atoms with Crippen molar-refractivity contribution < 1.29 is 14.3 Å². The Morgan fingerprint density at radius 1 is 1.38 bits per heavy atom. The van der Waals surface area contributed by atoms with Gasteiger partial charge in [-0.15, -0.1) is 11.8 Å². The molecule has 2 atom stereocenters. The maximum atomic E-state index is 12.3. The summed E-state index contributed by atoms with van der Waals surface area (Å²) in [5, 5.41) is 12.5. The Morgan fingerprint density at radius 2 is 2.12 bits per heavy atom. The fourth-order valence-electron chi connectivity index (χ4n) is 2.88. The summed E-state index contributed by atoms with van der Waals surface area (Å²) >= 11 is 1.41. The molecule has 7 heteroatoms. The Bertz CT molecular complexity index is 816. The standard InChI is InChI=1S/C17H20N2O4S/c1-3-19(4-2)11-6-5-10-7-12(17(22)23-14(10)8-11)15-18-13(9-24-15)16(20)21/h5-8,13,15,18H,3-4,9H2,1-2H3,(H,20,21)/t13-,15?/m0/s1. The lowest BCUT2D eigenvalue weighted by Crippen LogP contribution is -2.34. The Labute approximate surface area is 143 Å². The number of thioether (sulfide) groups is 1. The Morgan fingerprint density at radius 3 is 2.75 bits per heavy atom. The minimum atomic E-state index is -0.904. The van der Waals surface area contributed by atoms with Gasteiger partial charge in [0.05, 0.1) is 10.9 Å². The van der Waals surface area contributed by atoms with E-state index in [0.717, 1.165) is 24.2 Å². The third kappa shape index (κ3) is 3.14. The number of anilines is 1. The van der Waals surface area contributed by atoms with Crippen LogP contribution in [0.4, 0.5) is 5.69 Å². The van der Waals surface area contributed by atoms with E-state index in [1.807, 2.05) is 18.2 Å². The number of carboxylic acid groups (broad SMARTS) is 1. The maximum absolute atomic E-state index is 12.3. The van der Waals surface area contributed by atoms with Crippen LogP contribution in [0.1, 0.15) is 24.8 Å². The third-order valence-corrected chi connectivity index (χ3v) is 5.49. The van der Waals surface area contributed by atoms with Crippen LogP contribution >= 0.6 is 11.8 Å². The predicted molar refractivity (Wildman–Crippen MR) is 95.8 cm³/mol. The smallest absolute Gasteiger partial charge is 0.341 e. The van der Waals surface area contributed by atoms with Crippen LogP contribution in [-0.4, -0.2) is 36.0 Å². The normalized spacial score (nSPS) is 20.4. The van der Waals surface area contributed by atoms with Crippen LogP contribution in [0.2, 0.25) is 0 Å². The van der Waals surface area contributed by atoms with Crippen molar-refractivity contribution in [2.24, 2.45) is 0 Å². The van der Waals surface area contributed by atoms with E-state index in [1.165, 1.54) is 11.8 Å². The first-order valence-electron chi connectivity index (χ1n) is 7.96. The van der Waals surface area contributed by atoms with Gasteiger partial charge in [-0.3, -0.25) is 10.1 Å². The zero-order chi connectivity index (χ0) is 17.3. The van der Waals surface area contributed by atoms with Crippen molar-refractivity contribution in [3.05, 3.63) is 40.2 Å². The average Bonchev–Trinajstić information content (AvgIpc) is 3.05. The highest BCUT2D eigenvalue weighted by Crippen LogP contribution is 2.33. The molecule has 1 aliphatic rings. The fraction of sp³-hybridized carbons (Fsp3) is 0.412. The van der Waals surface area contributed by atoms with Gasteiger partial charge in [0, 0.05) is 36.0 Å². The molecule has 1 aromatic carbocycles. The van der Waals surface area contributed by atoms with Crippen molar-refractivity contribution in [2.45, 2.75) is 25.3 Å². The zero-order valence-corrected chi connectivity index (χ0v) is 14.4. The van der Waals surface area contributed by atoms with E-state index in [1.54, 1.807) is 6.07 Å². The lowest BCUT2D eigenvalue weighted by Gasteiger charge is -2.21. The summed E-state index contributed by atoms with van der Waals surface area (Å²) in [4.78, 5) is 25.6. The highest BCUT2D eigenvalue weighted by atomic mass is 32.2. The third-order valence-electron chi connectivity index (χ3n) is 4.24. The monoisotopic (exact) mass is 348 g/mol. The molecule has 128 valence electrons. The van der Waals surface area contributed by atoms with Crippen molar-refractivity contribution in [3.8, 4) is 0 Å². The van der Waals surface area contributed by atoms with Crippen LogP contribution < -0.4 is 15.8 Å². The predicted octanol–water partition coefficient (Wildman–Crippen LogP) is 2.43. The minimum absolute atomic E-state index is 0.353. The Balaban J connectivity index is 1.95. The minimum Gasteiger partial charge on any atom is -0.480 e. The Kier molecular flexibility index (Phi) is 4.82. The molecular formula is C17H20N2O4S. The first-order chi connectivity index (χ1) is 11.5. The number of nitrogens with zero attached hydrogens (tertiary/aromatic N) is 1. The first kappa shape index (κ1) is 16.9. The SMILES string of the molecule is CCN(CC)c1ccc2cc(C3N[C@H](C(=O)O)CS3)c(=O)oc2c1. The number of carboxylic acids is 1. The number of hydrogen-bond donors (Lipinski definition) is 2. The van der Waals surface area contributed by atoms with Crippen LogP contribution in [0.3, 0.4) is 0 Å². The molecule has 0 bridgehead atoms. The van der Waals surface area contributed by atoms with Gasteiger partial charge in [0.2, 0.25) is 0 Å². The second-order valence-corrected chi connectivity index (χ2v) is 6.79. The number of rotatable bonds is 5. The summed E-state index contributed by atoms with van der Waals surface area (Å²) in [7, 11) is 0. The molecule has 2 heterocycles. The van der Waals surface area contributed by atoms with Crippen molar-refractivity contribution >= 4 is 34.4 Å². The van der Waals surface area contributed by atoms with E-state index in [2.05, 4.69) is 24.1 Å². The van der Waals surface area contributed by atoms with E-state index in [4.69, 9.17) is 9.52 Å². The molecule has 0 radical (unpaired) electrons. The number of benzene rings is 1. The molecule has 6 nitrogen and oxygen atoms in total.